The van der Waals surface area contributed by atoms with Crippen molar-refractivity contribution in [2.75, 3.05) is 0 Å². The molecule has 0 heterocycles. The van der Waals surface area contributed by atoms with Gasteiger partial charge in [0.25, 0.3) is 0 Å². The highest BCUT2D eigenvalue weighted by Crippen LogP contribution is 2.08. The Bertz CT molecular complexity index is 624. The SMILES string of the molecule is CC(=O)N[C@H](Cc1ccccc1)C(=O)N[C@H](C[C@@H](C)C#N)C(=O)O. The van der Waals surface area contributed by atoms with Gasteiger partial charge >= 0.3 is 5.97 Å². The van der Waals surface area contributed by atoms with Crippen LogP contribution < -0.4 is 10.6 Å². The predicted octanol–water partition coefficient (Wildman–Crippen LogP) is 0.853. The second kappa shape index (κ2) is 9.30. The Labute approximate surface area is 140 Å². The van der Waals surface area contributed by atoms with Gasteiger partial charge in [-0.2, -0.15) is 5.26 Å². The van der Waals surface area contributed by atoms with E-state index < -0.39 is 29.9 Å². The number of nitrogens with one attached hydrogen (secondary N) is 2. The van der Waals surface area contributed by atoms with Crippen molar-refractivity contribution >= 4 is 17.8 Å². The van der Waals surface area contributed by atoms with Gasteiger partial charge in [-0.3, -0.25) is 9.59 Å². The zero-order chi connectivity index (χ0) is 18.1. The molecule has 128 valence electrons. The van der Waals surface area contributed by atoms with E-state index in [9.17, 15) is 19.5 Å². The van der Waals surface area contributed by atoms with Crippen LogP contribution in [-0.4, -0.2) is 35.0 Å². The summed E-state index contributed by atoms with van der Waals surface area (Å²) in [5, 5.41) is 23.0. The molecule has 1 aromatic rings. The van der Waals surface area contributed by atoms with E-state index in [4.69, 9.17) is 5.26 Å². The van der Waals surface area contributed by atoms with Crippen molar-refractivity contribution in [3.05, 3.63) is 35.9 Å². The Morgan fingerprint density at radius 3 is 2.29 bits per heavy atom. The number of aliphatic carboxylic acids is 1. The summed E-state index contributed by atoms with van der Waals surface area (Å²) >= 11 is 0. The number of nitriles is 1. The quantitative estimate of drug-likeness (QED) is 0.652. The van der Waals surface area contributed by atoms with Gasteiger partial charge in [0.15, 0.2) is 0 Å². The number of hydrogen-bond donors (Lipinski definition) is 3. The van der Waals surface area contributed by atoms with Crippen molar-refractivity contribution in [2.24, 2.45) is 5.92 Å². The molecular weight excluding hydrogens is 310 g/mol. The minimum Gasteiger partial charge on any atom is -0.480 e. The maximum Gasteiger partial charge on any atom is 0.326 e. The maximum absolute atomic E-state index is 12.4. The molecule has 0 bridgehead atoms. The van der Waals surface area contributed by atoms with Crippen molar-refractivity contribution in [3.63, 3.8) is 0 Å². The van der Waals surface area contributed by atoms with Crippen LogP contribution in [0.1, 0.15) is 25.8 Å². The molecule has 0 unspecified atom stereocenters. The summed E-state index contributed by atoms with van der Waals surface area (Å²) in [6.07, 6.45) is 0.238. The first-order valence-electron chi connectivity index (χ1n) is 7.57. The van der Waals surface area contributed by atoms with Crippen LogP contribution >= 0.6 is 0 Å². The van der Waals surface area contributed by atoms with Gasteiger partial charge < -0.3 is 15.7 Å². The van der Waals surface area contributed by atoms with Crippen LogP contribution in [0.2, 0.25) is 0 Å². The molecular formula is C17H21N3O4. The van der Waals surface area contributed by atoms with Gasteiger partial charge in [0.05, 0.1) is 6.07 Å². The van der Waals surface area contributed by atoms with Gasteiger partial charge in [0, 0.05) is 19.3 Å². The van der Waals surface area contributed by atoms with Gasteiger partial charge in [-0.25, -0.2) is 4.79 Å². The van der Waals surface area contributed by atoms with Crippen LogP contribution in [0, 0.1) is 17.2 Å². The van der Waals surface area contributed by atoms with Crippen molar-refractivity contribution in [3.8, 4) is 6.07 Å². The molecule has 0 saturated heterocycles. The minimum absolute atomic E-state index is 0.00426. The monoisotopic (exact) mass is 331 g/mol. The summed E-state index contributed by atoms with van der Waals surface area (Å²) in [5.41, 5.74) is 0.837. The van der Waals surface area contributed by atoms with Crippen LogP contribution in [0.4, 0.5) is 0 Å². The molecule has 3 atom stereocenters. The van der Waals surface area contributed by atoms with Crippen molar-refractivity contribution in [1.29, 1.82) is 5.26 Å². The van der Waals surface area contributed by atoms with Crippen molar-refractivity contribution in [1.82, 2.24) is 10.6 Å². The van der Waals surface area contributed by atoms with Crippen LogP contribution in [0.15, 0.2) is 30.3 Å². The Hall–Kier alpha value is -2.88. The number of carboxylic acid groups (broad SMARTS) is 1. The van der Waals surface area contributed by atoms with Crippen LogP contribution in [0.3, 0.4) is 0 Å². The summed E-state index contributed by atoms with van der Waals surface area (Å²) < 4.78 is 0. The lowest BCUT2D eigenvalue weighted by atomic mass is 10.0. The average molecular weight is 331 g/mol. The Morgan fingerprint density at radius 1 is 1.17 bits per heavy atom. The summed E-state index contributed by atoms with van der Waals surface area (Å²) in [4.78, 5) is 35.0. The highest BCUT2D eigenvalue weighted by Gasteiger charge is 2.27. The Balaban J connectivity index is 2.84. The smallest absolute Gasteiger partial charge is 0.326 e. The molecule has 0 fully saturated rings. The van der Waals surface area contributed by atoms with E-state index in [1.54, 1.807) is 6.92 Å². The molecule has 3 N–H and O–H groups in total. The molecule has 1 aromatic carbocycles. The summed E-state index contributed by atoms with van der Waals surface area (Å²) in [7, 11) is 0. The molecule has 0 aliphatic carbocycles. The zero-order valence-electron chi connectivity index (χ0n) is 13.7. The standard InChI is InChI=1S/C17H21N3O4/c1-11(10-18)8-15(17(23)24)20-16(22)14(19-12(2)21)9-13-6-4-3-5-7-13/h3-7,11,14-15H,8-9H2,1-2H3,(H,19,21)(H,20,22)(H,23,24)/t11-,14-,15-/m1/s1. The van der Waals surface area contributed by atoms with E-state index >= 15 is 0 Å². The van der Waals surface area contributed by atoms with Gasteiger partial charge in [0.1, 0.15) is 12.1 Å². The van der Waals surface area contributed by atoms with Crippen LogP contribution in [0.25, 0.3) is 0 Å². The zero-order valence-corrected chi connectivity index (χ0v) is 13.7. The summed E-state index contributed by atoms with van der Waals surface area (Å²) in [6.45, 7) is 2.87. The number of carbonyl (C=O) groups excluding carboxylic acids is 2. The predicted molar refractivity (Wildman–Crippen MR) is 86.7 cm³/mol. The van der Waals surface area contributed by atoms with E-state index in [0.717, 1.165) is 5.56 Å². The molecule has 24 heavy (non-hydrogen) atoms. The van der Waals surface area contributed by atoms with Crippen LogP contribution in [-0.2, 0) is 20.8 Å². The lowest BCUT2D eigenvalue weighted by molar-refractivity contribution is -0.142. The topological polar surface area (TPSA) is 119 Å². The first kappa shape index (κ1) is 19.2. The average Bonchev–Trinajstić information content (AvgIpc) is 2.53. The highest BCUT2D eigenvalue weighted by atomic mass is 16.4. The second-order valence-electron chi connectivity index (χ2n) is 5.61. The molecule has 1 rings (SSSR count). The van der Waals surface area contributed by atoms with Gasteiger partial charge in [-0.05, 0) is 18.9 Å². The number of hydrogen-bond acceptors (Lipinski definition) is 4. The number of amides is 2. The van der Waals surface area contributed by atoms with Gasteiger partial charge in [-0.15, -0.1) is 0 Å². The molecule has 0 aliphatic heterocycles. The molecule has 0 saturated carbocycles. The normalized spacial score (nSPS) is 13.9. The van der Waals surface area contributed by atoms with Crippen LogP contribution in [0.5, 0.6) is 0 Å². The molecule has 7 nitrogen and oxygen atoms in total. The molecule has 0 aromatic heterocycles. The summed E-state index contributed by atoms with van der Waals surface area (Å²) in [6, 6.07) is 8.96. The van der Waals surface area contributed by atoms with Crippen molar-refractivity contribution < 1.29 is 19.5 Å². The Morgan fingerprint density at radius 2 is 1.79 bits per heavy atom. The van der Waals surface area contributed by atoms with E-state index in [0.29, 0.717) is 0 Å². The number of benzene rings is 1. The number of carbonyl (C=O) groups is 3. The maximum atomic E-state index is 12.4. The fraction of sp³-hybridized carbons (Fsp3) is 0.412. The first-order valence-corrected chi connectivity index (χ1v) is 7.57. The highest BCUT2D eigenvalue weighted by molar-refractivity contribution is 5.90. The lowest BCUT2D eigenvalue weighted by Crippen LogP contribution is -2.52. The second-order valence-corrected chi connectivity index (χ2v) is 5.61. The third-order valence-electron chi connectivity index (χ3n) is 3.40. The molecule has 0 spiro atoms. The van der Waals surface area contributed by atoms with E-state index in [1.165, 1.54) is 6.92 Å². The molecule has 2 amide bonds. The molecule has 0 radical (unpaired) electrons. The number of carboxylic acids is 1. The van der Waals surface area contributed by atoms with E-state index in [2.05, 4.69) is 10.6 Å². The fourth-order valence-corrected chi connectivity index (χ4v) is 2.20. The van der Waals surface area contributed by atoms with Crippen molar-refractivity contribution in [2.45, 2.75) is 38.8 Å². The number of rotatable bonds is 8. The molecule has 0 aliphatic rings. The third-order valence-corrected chi connectivity index (χ3v) is 3.40. The minimum atomic E-state index is -1.22. The van der Waals surface area contributed by atoms with Gasteiger partial charge in [0.2, 0.25) is 11.8 Å². The number of nitrogens with zero attached hydrogens (tertiary/aromatic N) is 1. The van der Waals surface area contributed by atoms with E-state index in [1.807, 2.05) is 36.4 Å². The lowest BCUT2D eigenvalue weighted by Gasteiger charge is -2.21. The molecule has 7 heteroatoms. The third kappa shape index (κ3) is 6.48. The van der Waals surface area contributed by atoms with Gasteiger partial charge in [-0.1, -0.05) is 30.3 Å². The Kier molecular flexibility index (Phi) is 7.43. The van der Waals surface area contributed by atoms with E-state index in [-0.39, 0.29) is 18.7 Å². The first-order chi connectivity index (χ1) is 11.3. The fourth-order valence-electron chi connectivity index (χ4n) is 2.20. The summed E-state index contributed by atoms with van der Waals surface area (Å²) in [5.74, 6) is -2.71. The largest absolute Gasteiger partial charge is 0.480 e.